The summed E-state index contributed by atoms with van der Waals surface area (Å²) in [5.74, 6) is -0.0171. The number of amides is 1. The molecule has 3 heterocycles. The molecule has 3 rings (SSSR count). The number of allylic oxidation sites excluding steroid dienone is 1. The summed E-state index contributed by atoms with van der Waals surface area (Å²) in [5.41, 5.74) is 1.33. The third-order valence-corrected chi connectivity index (χ3v) is 9.04. The van der Waals surface area contributed by atoms with Gasteiger partial charge in [-0.1, -0.05) is 18.1 Å². The fourth-order valence-corrected chi connectivity index (χ4v) is 6.86. The highest BCUT2D eigenvalue weighted by molar-refractivity contribution is 7.91. The Balaban J connectivity index is 1.48. The molecule has 2 aliphatic rings. The molecule has 0 spiro atoms. The largest absolute Gasteiger partial charge is 0.353 e. The summed E-state index contributed by atoms with van der Waals surface area (Å²) in [6.07, 6.45) is 7.35. The van der Waals surface area contributed by atoms with Crippen molar-refractivity contribution >= 4 is 27.3 Å². The van der Waals surface area contributed by atoms with Gasteiger partial charge in [-0.15, -0.1) is 11.3 Å². The molecule has 1 N–H and O–H groups in total. The molecular formula is C21H33N3O3S2. The number of rotatable bonds is 7. The summed E-state index contributed by atoms with van der Waals surface area (Å²) in [7, 11) is -3.41. The van der Waals surface area contributed by atoms with Crippen LogP contribution in [0.25, 0.3) is 0 Å². The van der Waals surface area contributed by atoms with Crippen LogP contribution in [0, 0.1) is 0 Å². The van der Waals surface area contributed by atoms with E-state index in [0.717, 1.165) is 56.6 Å². The Bertz CT molecular complexity index is 814. The van der Waals surface area contributed by atoms with Gasteiger partial charge in [-0.2, -0.15) is 4.31 Å². The van der Waals surface area contributed by atoms with Crippen molar-refractivity contribution in [1.29, 1.82) is 0 Å². The number of carbonyl (C=O) groups is 1. The van der Waals surface area contributed by atoms with E-state index in [1.54, 1.807) is 16.4 Å². The van der Waals surface area contributed by atoms with Crippen molar-refractivity contribution in [3.8, 4) is 0 Å². The minimum absolute atomic E-state index is 0.0171. The molecule has 2 aliphatic heterocycles. The molecular weight excluding hydrogens is 406 g/mol. The van der Waals surface area contributed by atoms with Gasteiger partial charge in [0.15, 0.2) is 0 Å². The van der Waals surface area contributed by atoms with Gasteiger partial charge in [0.2, 0.25) is 5.91 Å². The third-order valence-electron chi connectivity index (χ3n) is 5.59. The third kappa shape index (κ3) is 6.38. The summed E-state index contributed by atoms with van der Waals surface area (Å²) in [5, 5.41) is 3.13. The van der Waals surface area contributed by atoms with Gasteiger partial charge in [-0.05, 0) is 51.7 Å². The zero-order valence-electron chi connectivity index (χ0n) is 17.5. The van der Waals surface area contributed by atoms with Crippen molar-refractivity contribution in [3.05, 3.63) is 28.7 Å². The normalized spacial score (nSPS) is 19.8. The highest BCUT2D eigenvalue weighted by Crippen LogP contribution is 2.27. The van der Waals surface area contributed by atoms with Crippen LogP contribution in [0.1, 0.15) is 50.8 Å². The maximum absolute atomic E-state index is 12.8. The molecule has 2 fully saturated rings. The summed E-state index contributed by atoms with van der Waals surface area (Å²) in [4.78, 5) is 15.7. The number of nitrogens with zero attached hydrogens (tertiary/aromatic N) is 2. The van der Waals surface area contributed by atoms with E-state index in [2.05, 4.69) is 30.1 Å². The van der Waals surface area contributed by atoms with Crippen molar-refractivity contribution in [2.45, 2.75) is 62.6 Å². The highest BCUT2D eigenvalue weighted by atomic mass is 32.2. The van der Waals surface area contributed by atoms with Crippen molar-refractivity contribution in [2.75, 3.05) is 32.7 Å². The number of sulfonamides is 1. The molecule has 1 aromatic rings. The zero-order chi connectivity index (χ0) is 20.9. The molecule has 1 amide bonds. The van der Waals surface area contributed by atoms with Gasteiger partial charge in [0.25, 0.3) is 10.0 Å². The first-order chi connectivity index (χ1) is 13.8. The van der Waals surface area contributed by atoms with Crippen LogP contribution in [0.2, 0.25) is 0 Å². The first-order valence-electron chi connectivity index (χ1n) is 10.6. The summed E-state index contributed by atoms with van der Waals surface area (Å²) < 4.78 is 27.4. The summed E-state index contributed by atoms with van der Waals surface area (Å²) >= 11 is 1.23. The van der Waals surface area contributed by atoms with Crippen LogP contribution in [0.3, 0.4) is 0 Å². The molecule has 0 saturated carbocycles. The zero-order valence-corrected chi connectivity index (χ0v) is 19.2. The number of hydrogen-bond acceptors (Lipinski definition) is 5. The Morgan fingerprint density at radius 2 is 1.83 bits per heavy atom. The molecule has 0 radical (unpaired) electrons. The van der Waals surface area contributed by atoms with Crippen LogP contribution < -0.4 is 5.32 Å². The Morgan fingerprint density at radius 1 is 1.14 bits per heavy atom. The van der Waals surface area contributed by atoms with Crippen molar-refractivity contribution in [1.82, 2.24) is 14.5 Å². The van der Waals surface area contributed by atoms with E-state index >= 15 is 0 Å². The standard InChI is InChI=1S/C21H33N3O3S2/c1-17(2)8-13-23-14-9-18(10-15-23)22-20(25)16-19-6-7-21(28-19)29(26,27)24-11-4-3-5-12-24/h6-8,18H,3-5,9-16H2,1-2H3,(H,22,25). The predicted molar refractivity (Wildman–Crippen MR) is 118 cm³/mol. The summed E-state index contributed by atoms with van der Waals surface area (Å²) in [6, 6.07) is 3.64. The number of hydrogen-bond donors (Lipinski definition) is 1. The first-order valence-corrected chi connectivity index (χ1v) is 12.8. The first kappa shape index (κ1) is 22.5. The monoisotopic (exact) mass is 439 g/mol. The van der Waals surface area contributed by atoms with Gasteiger partial charge in [0, 0.05) is 43.6 Å². The number of piperidine rings is 2. The predicted octanol–water partition coefficient (Wildman–Crippen LogP) is 3.01. The fraction of sp³-hybridized carbons (Fsp3) is 0.667. The highest BCUT2D eigenvalue weighted by Gasteiger charge is 2.28. The number of carbonyl (C=O) groups excluding carboxylic acids is 1. The van der Waals surface area contributed by atoms with E-state index in [4.69, 9.17) is 0 Å². The van der Waals surface area contributed by atoms with Gasteiger partial charge >= 0.3 is 0 Å². The van der Waals surface area contributed by atoms with Gasteiger partial charge in [-0.3, -0.25) is 9.69 Å². The van der Waals surface area contributed by atoms with Gasteiger partial charge < -0.3 is 5.32 Å². The van der Waals surface area contributed by atoms with Crippen LogP contribution in [-0.4, -0.2) is 62.3 Å². The van der Waals surface area contributed by atoms with Crippen LogP contribution >= 0.6 is 11.3 Å². The van der Waals surface area contributed by atoms with E-state index < -0.39 is 10.0 Å². The molecule has 0 aliphatic carbocycles. The Labute approximate surface area is 179 Å². The van der Waals surface area contributed by atoms with E-state index in [0.29, 0.717) is 17.3 Å². The molecule has 6 nitrogen and oxygen atoms in total. The van der Waals surface area contributed by atoms with E-state index in [1.807, 2.05) is 0 Å². The van der Waals surface area contributed by atoms with Crippen molar-refractivity contribution < 1.29 is 13.2 Å². The molecule has 0 atom stereocenters. The Morgan fingerprint density at radius 3 is 2.48 bits per heavy atom. The van der Waals surface area contributed by atoms with Crippen molar-refractivity contribution in [3.63, 3.8) is 0 Å². The van der Waals surface area contributed by atoms with Gasteiger partial charge in [-0.25, -0.2) is 8.42 Å². The van der Waals surface area contributed by atoms with E-state index in [9.17, 15) is 13.2 Å². The number of nitrogens with one attached hydrogen (secondary N) is 1. The van der Waals surface area contributed by atoms with E-state index in [-0.39, 0.29) is 18.4 Å². The lowest BCUT2D eigenvalue weighted by molar-refractivity contribution is -0.121. The Hall–Kier alpha value is -1.22. The SMILES string of the molecule is CC(C)=CCN1CCC(NC(=O)Cc2ccc(S(=O)(=O)N3CCCCC3)s2)CC1. The lowest BCUT2D eigenvalue weighted by Crippen LogP contribution is -2.45. The summed E-state index contributed by atoms with van der Waals surface area (Å²) in [6.45, 7) is 8.39. The Kier molecular flexibility index (Phi) is 7.90. The maximum Gasteiger partial charge on any atom is 0.252 e. The minimum atomic E-state index is -3.41. The quantitative estimate of drug-likeness (QED) is 0.663. The molecule has 2 saturated heterocycles. The second kappa shape index (κ2) is 10.2. The molecule has 0 aromatic carbocycles. The smallest absolute Gasteiger partial charge is 0.252 e. The lowest BCUT2D eigenvalue weighted by Gasteiger charge is -2.31. The number of likely N-dealkylation sites (tertiary alicyclic amines) is 1. The fourth-order valence-electron chi connectivity index (χ4n) is 3.83. The molecule has 8 heteroatoms. The van der Waals surface area contributed by atoms with Crippen LogP contribution in [0.4, 0.5) is 0 Å². The molecule has 0 unspecified atom stereocenters. The van der Waals surface area contributed by atoms with E-state index in [1.165, 1.54) is 16.9 Å². The lowest BCUT2D eigenvalue weighted by atomic mass is 10.0. The average Bonchev–Trinajstić information content (AvgIpc) is 3.17. The second-order valence-electron chi connectivity index (χ2n) is 8.29. The molecule has 1 aromatic heterocycles. The molecule has 162 valence electrons. The van der Waals surface area contributed by atoms with Crippen LogP contribution in [-0.2, 0) is 21.2 Å². The van der Waals surface area contributed by atoms with Crippen LogP contribution in [0.5, 0.6) is 0 Å². The molecule has 29 heavy (non-hydrogen) atoms. The average molecular weight is 440 g/mol. The maximum atomic E-state index is 12.8. The minimum Gasteiger partial charge on any atom is -0.353 e. The molecule has 0 bridgehead atoms. The van der Waals surface area contributed by atoms with Crippen LogP contribution in [0.15, 0.2) is 28.0 Å². The van der Waals surface area contributed by atoms with Gasteiger partial charge in [0.1, 0.15) is 4.21 Å². The van der Waals surface area contributed by atoms with Gasteiger partial charge in [0.05, 0.1) is 6.42 Å². The second-order valence-corrected chi connectivity index (χ2v) is 11.6. The topological polar surface area (TPSA) is 69.7 Å². The van der Waals surface area contributed by atoms with Crippen molar-refractivity contribution in [2.24, 2.45) is 0 Å². The number of thiophene rings is 1.